The molecule has 4 heteroatoms. The minimum atomic E-state index is 0.754. The summed E-state index contributed by atoms with van der Waals surface area (Å²) in [5.41, 5.74) is 3.42. The Morgan fingerprint density at radius 1 is 0.850 bits per heavy atom. The molecule has 3 rings (SSSR count). The van der Waals surface area contributed by atoms with Crippen LogP contribution in [0.5, 0.6) is 0 Å². The zero-order valence-corrected chi connectivity index (χ0v) is 12.0. The van der Waals surface area contributed by atoms with Crippen LogP contribution in [-0.2, 0) is 0 Å². The first-order valence-electron chi connectivity index (χ1n) is 6.89. The molecule has 0 unspecified atom stereocenters. The fraction of sp³-hybridized carbons (Fsp3) is 0.250. The van der Waals surface area contributed by atoms with Gasteiger partial charge in [-0.1, -0.05) is 11.6 Å². The summed E-state index contributed by atoms with van der Waals surface area (Å²) in [6, 6.07) is 16.3. The normalized spacial score (nSPS) is 15.2. The molecular weight excluding hydrogens is 270 g/mol. The summed E-state index contributed by atoms with van der Waals surface area (Å²) >= 11 is 5.88. The van der Waals surface area contributed by atoms with E-state index in [2.05, 4.69) is 39.8 Å². The first-order chi connectivity index (χ1) is 9.81. The number of hydrogen-bond donors (Lipinski definition) is 2. The molecule has 0 bridgehead atoms. The highest BCUT2D eigenvalue weighted by molar-refractivity contribution is 6.30. The smallest absolute Gasteiger partial charge is 0.0407 e. The maximum atomic E-state index is 5.88. The van der Waals surface area contributed by atoms with Gasteiger partial charge in [-0.25, -0.2) is 0 Å². The monoisotopic (exact) mass is 287 g/mol. The highest BCUT2D eigenvalue weighted by Gasteiger charge is 2.09. The lowest BCUT2D eigenvalue weighted by atomic mass is 10.2. The number of hydrogen-bond acceptors (Lipinski definition) is 3. The Labute approximate surface area is 124 Å². The second-order valence-electron chi connectivity index (χ2n) is 4.92. The highest BCUT2D eigenvalue weighted by atomic mass is 35.5. The van der Waals surface area contributed by atoms with E-state index in [0.29, 0.717) is 0 Å². The fourth-order valence-electron chi connectivity index (χ4n) is 2.38. The predicted octanol–water partition coefficient (Wildman–Crippen LogP) is 3.49. The molecule has 0 aromatic heterocycles. The summed E-state index contributed by atoms with van der Waals surface area (Å²) in [5.74, 6) is 0. The van der Waals surface area contributed by atoms with Crippen molar-refractivity contribution in [1.29, 1.82) is 0 Å². The summed E-state index contributed by atoms with van der Waals surface area (Å²) in [4.78, 5) is 2.41. The van der Waals surface area contributed by atoms with Crippen LogP contribution in [0.25, 0.3) is 0 Å². The number of piperazine rings is 1. The van der Waals surface area contributed by atoms with E-state index in [0.717, 1.165) is 42.6 Å². The number of nitrogens with zero attached hydrogens (tertiary/aromatic N) is 1. The van der Waals surface area contributed by atoms with Gasteiger partial charge in [0.25, 0.3) is 0 Å². The van der Waals surface area contributed by atoms with Gasteiger partial charge in [0.2, 0.25) is 0 Å². The lowest BCUT2D eigenvalue weighted by molar-refractivity contribution is 0.589. The molecule has 104 valence electrons. The molecule has 1 heterocycles. The highest BCUT2D eigenvalue weighted by Crippen LogP contribution is 2.22. The van der Waals surface area contributed by atoms with Crippen LogP contribution in [0.3, 0.4) is 0 Å². The van der Waals surface area contributed by atoms with E-state index in [1.807, 2.05) is 24.3 Å². The van der Waals surface area contributed by atoms with Gasteiger partial charge < -0.3 is 15.5 Å². The van der Waals surface area contributed by atoms with E-state index < -0.39 is 0 Å². The third kappa shape index (κ3) is 3.24. The van der Waals surface area contributed by atoms with Crippen molar-refractivity contribution in [3.05, 3.63) is 53.6 Å². The van der Waals surface area contributed by atoms with Crippen molar-refractivity contribution in [2.45, 2.75) is 0 Å². The lowest BCUT2D eigenvalue weighted by Crippen LogP contribution is -2.43. The van der Waals surface area contributed by atoms with E-state index >= 15 is 0 Å². The molecule has 0 saturated carbocycles. The van der Waals surface area contributed by atoms with Gasteiger partial charge in [0.15, 0.2) is 0 Å². The van der Waals surface area contributed by atoms with E-state index in [9.17, 15) is 0 Å². The molecule has 1 aliphatic rings. The summed E-state index contributed by atoms with van der Waals surface area (Å²) in [7, 11) is 0. The van der Waals surface area contributed by atoms with Gasteiger partial charge >= 0.3 is 0 Å². The van der Waals surface area contributed by atoms with Crippen LogP contribution in [-0.4, -0.2) is 26.2 Å². The first-order valence-corrected chi connectivity index (χ1v) is 7.27. The van der Waals surface area contributed by atoms with Gasteiger partial charge in [-0.05, 0) is 48.5 Å². The molecule has 1 fully saturated rings. The van der Waals surface area contributed by atoms with Crippen molar-refractivity contribution >= 4 is 28.7 Å². The summed E-state index contributed by atoms with van der Waals surface area (Å²) in [5, 5.41) is 7.49. The topological polar surface area (TPSA) is 27.3 Å². The average molecular weight is 288 g/mol. The van der Waals surface area contributed by atoms with Gasteiger partial charge in [-0.15, -0.1) is 0 Å². The van der Waals surface area contributed by atoms with Gasteiger partial charge in [0, 0.05) is 48.3 Å². The standard InChI is InChI=1S/C16H18ClN3/c17-13-1-3-14(4-2-13)19-15-5-7-16(8-6-15)20-11-9-18-10-12-20/h1-8,18-19H,9-12H2. The van der Waals surface area contributed by atoms with Crippen LogP contribution in [0.15, 0.2) is 48.5 Å². The molecule has 1 saturated heterocycles. The quantitative estimate of drug-likeness (QED) is 0.905. The van der Waals surface area contributed by atoms with Crippen molar-refractivity contribution in [2.75, 3.05) is 36.4 Å². The minimum Gasteiger partial charge on any atom is -0.369 e. The summed E-state index contributed by atoms with van der Waals surface area (Å²) < 4.78 is 0. The average Bonchev–Trinajstić information content (AvgIpc) is 2.51. The van der Waals surface area contributed by atoms with Crippen LogP contribution >= 0.6 is 11.6 Å². The number of anilines is 3. The van der Waals surface area contributed by atoms with Crippen LogP contribution < -0.4 is 15.5 Å². The SMILES string of the molecule is Clc1ccc(Nc2ccc(N3CCNCC3)cc2)cc1. The summed E-state index contributed by atoms with van der Waals surface area (Å²) in [6.45, 7) is 4.27. The second-order valence-corrected chi connectivity index (χ2v) is 5.35. The molecule has 2 aromatic rings. The van der Waals surface area contributed by atoms with Crippen LogP contribution in [0, 0.1) is 0 Å². The Balaban J connectivity index is 1.67. The second kappa shape index (κ2) is 6.16. The van der Waals surface area contributed by atoms with E-state index in [1.54, 1.807) is 0 Å². The van der Waals surface area contributed by atoms with Gasteiger partial charge in [0.05, 0.1) is 0 Å². The Morgan fingerprint density at radius 3 is 2.00 bits per heavy atom. The molecule has 0 spiro atoms. The van der Waals surface area contributed by atoms with Crippen LogP contribution in [0.2, 0.25) is 5.02 Å². The third-order valence-electron chi connectivity index (χ3n) is 3.48. The molecule has 0 amide bonds. The van der Waals surface area contributed by atoms with E-state index in [-0.39, 0.29) is 0 Å². The lowest BCUT2D eigenvalue weighted by Gasteiger charge is -2.29. The van der Waals surface area contributed by atoms with Gasteiger partial charge in [0.1, 0.15) is 0 Å². The van der Waals surface area contributed by atoms with Crippen molar-refractivity contribution in [3.8, 4) is 0 Å². The van der Waals surface area contributed by atoms with E-state index in [4.69, 9.17) is 11.6 Å². The largest absolute Gasteiger partial charge is 0.369 e. The van der Waals surface area contributed by atoms with Gasteiger partial charge in [-0.2, -0.15) is 0 Å². The summed E-state index contributed by atoms with van der Waals surface area (Å²) in [6.07, 6.45) is 0. The Bertz CT molecular complexity index is 545. The number of rotatable bonds is 3. The Hall–Kier alpha value is -1.71. The molecule has 20 heavy (non-hydrogen) atoms. The maximum absolute atomic E-state index is 5.88. The Morgan fingerprint density at radius 2 is 1.40 bits per heavy atom. The third-order valence-corrected chi connectivity index (χ3v) is 3.73. The molecule has 2 aromatic carbocycles. The molecular formula is C16H18ClN3. The number of benzene rings is 2. The van der Waals surface area contributed by atoms with Gasteiger partial charge in [-0.3, -0.25) is 0 Å². The molecule has 2 N–H and O–H groups in total. The Kier molecular flexibility index (Phi) is 4.09. The predicted molar refractivity (Wildman–Crippen MR) is 86.3 cm³/mol. The van der Waals surface area contributed by atoms with Crippen molar-refractivity contribution < 1.29 is 0 Å². The van der Waals surface area contributed by atoms with Crippen molar-refractivity contribution in [1.82, 2.24) is 5.32 Å². The molecule has 1 aliphatic heterocycles. The maximum Gasteiger partial charge on any atom is 0.0407 e. The number of halogens is 1. The molecule has 0 atom stereocenters. The fourth-order valence-corrected chi connectivity index (χ4v) is 2.50. The minimum absolute atomic E-state index is 0.754. The first kappa shape index (κ1) is 13.3. The van der Waals surface area contributed by atoms with Crippen LogP contribution in [0.4, 0.5) is 17.1 Å². The molecule has 0 radical (unpaired) electrons. The number of nitrogens with one attached hydrogen (secondary N) is 2. The molecule has 3 nitrogen and oxygen atoms in total. The van der Waals surface area contributed by atoms with Crippen LogP contribution in [0.1, 0.15) is 0 Å². The zero-order chi connectivity index (χ0) is 13.8. The zero-order valence-electron chi connectivity index (χ0n) is 11.3. The van der Waals surface area contributed by atoms with E-state index in [1.165, 1.54) is 5.69 Å². The van der Waals surface area contributed by atoms with Crippen molar-refractivity contribution in [3.63, 3.8) is 0 Å². The molecule has 0 aliphatic carbocycles. The van der Waals surface area contributed by atoms with Crippen molar-refractivity contribution in [2.24, 2.45) is 0 Å².